The van der Waals surface area contributed by atoms with Gasteiger partial charge in [-0.3, -0.25) is 0 Å². The fourth-order valence-corrected chi connectivity index (χ4v) is 7.92. The number of hydrogen-bond donors (Lipinski definition) is 0. The number of fused-ring (bicyclic) bond motifs is 10. The van der Waals surface area contributed by atoms with Crippen molar-refractivity contribution in [2.24, 2.45) is 0 Å². The molecule has 11 aromatic rings. The lowest BCUT2D eigenvalue weighted by Crippen LogP contribution is -1.97. The topological polar surface area (TPSA) is 14.8 Å². The van der Waals surface area contributed by atoms with Gasteiger partial charge in [0.25, 0.3) is 0 Å². The molecular formula is C48H31N3. The van der Waals surface area contributed by atoms with E-state index in [1.54, 1.807) is 4.57 Å². The van der Waals surface area contributed by atoms with Crippen molar-refractivity contribution in [1.82, 2.24) is 13.7 Å². The highest BCUT2D eigenvalue weighted by atomic mass is 15.0. The quantitative estimate of drug-likeness (QED) is 0.179. The maximum Gasteiger partial charge on any atom is 0.0645 e. The number of benzene rings is 8. The Balaban J connectivity index is 1.30. The molecule has 0 spiro atoms. The molecule has 3 heteroatoms. The Bertz CT molecular complexity index is 3640. The average molecular weight is 659 g/mol. The Hall–Kier alpha value is -6.84. The molecule has 0 aliphatic carbocycles. The summed E-state index contributed by atoms with van der Waals surface area (Å²) >= 11 is 0. The lowest BCUT2D eigenvalue weighted by Gasteiger charge is -2.15. The van der Waals surface area contributed by atoms with Gasteiger partial charge in [-0.05, 0) is 78.3 Å². The van der Waals surface area contributed by atoms with Crippen LogP contribution in [0.1, 0.15) is 12.3 Å². The van der Waals surface area contributed by atoms with Gasteiger partial charge in [0.2, 0.25) is 0 Å². The molecule has 3 nitrogen and oxygen atoms in total. The fraction of sp³-hybridized carbons (Fsp3) is 0. The summed E-state index contributed by atoms with van der Waals surface area (Å²) in [6.07, 6.45) is 0. The predicted octanol–water partition coefficient (Wildman–Crippen LogP) is 12.6. The van der Waals surface area contributed by atoms with Gasteiger partial charge in [-0.15, -0.1) is 0 Å². The Morgan fingerprint density at radius 2 is 0.882 bits per heavy atom. The first-order valence-electron chi connectivity index (χ1n) is 21.3. The zero-order valence-electron chi connectivity index (χ0n) is 36.0. The highest BCUT2D eigenvalue weighted by Gasteiger charge is 2.22. The maximum atomic E-state index is 9.55. The largest absolute Gasteiger partial charge is 0.309 e. The van der Waals surface area contributed by atoms with Crippen LogP contribution in [0.5, 0.6) is 0 Å². The zero-order chi connectivity index (χ0) is 41.3. The Morgan fingerprint density at radius 1 is 0.353 bits per heavy atom. The first kappa shape index (κ1) is 20.6. The van der Waals surface area contributed by atoms with Crippen molar-refractivity contribution in [1.29, 1.82) is 0 Å². The molecule has 0 unspecified atom stereocenters. The number of hydrogen-bond acceptors (Lipinski definition) is 0. The second-order valence-electron chi connectivity index (χ2n) is 12.7. The van der Waals surface area contributed by atoms with Gasteiger partial charge in [-0.1, -0.05) is 115 Å². The van der Waals surface area contributed by atoms with E-state index in [2.05, 4.69) is 16.7 Å². The highest BCUT2D eigenvalue weighted by Crippen LogP contribution is 2.44. The van der Waals surface area contributed by atoms with Crippen LogP contribution in [0, 0.1) is 0 Å². The van der Waals surface area contributed by atoms with Gasteiger partial charge < -0.3 is 13.7 Å². The van der Waals surface area contributed by atoms with Crippen molar-refractivity contribution in [2.75, 3.05) is 0 Å². The van der Waals surface area contributed by atoms with Crippen molar-refractivity contribution in [2.45, 2.75) is 0 Å². The molecule has 11 rings (SSSR count). The van der Waals surface area contributed by atoms with Crippen LogP contribution < -0.4 is 0 Å². The Morgan fingerprint density at radius 3 is 1.59 bits per heavy atom. The Kier molecular flexibility index (Phi) is 4.38. The van der Waals surface area contributed by atoms with Crippen LogP contribution in [0.2, 0.25) is 0 Å². The van der Waals surface area contributed by atoms with Gasteiger partial charge in [0, 0.05) is 49.3 Å². The lowest BCUT2D eigenvalue weighted by molar-refractivity contribution is 1.17. The van der Waals surface area contributed by atoms with Crippen LogP contribution in [-0.4, -0.2) is 13.7 Å². The summed E-state index contributed by atoms with van der Waals surface area (Å²) in [6, 6.07) is 40.3. The molecule has 0 bridgehead atoms. The molecule has 0 saturated heterocycles. The fourth-order valence-electron chi connectivity index (χ4n) is 7.92. The molecule has 0 radical (unpaired) electrons. The molecule has 0 atom stereocenters. The van der Waals surface area contributed by atoms with E-state index >= 15 is 0 Å². The minimum absolute atomic E-state index is 0.214. The number of rotatable bonds is 4. The minimum atomic E-state index is -0.417. The number of para-hydroxylation sites is 6. The number of aromatic nitrogens is 3. The van der Waals surface area contributed by atoms with Gasteiger partial charge in [0.15, 0.2) is 0 Å². The summed E-state index contributed by atoms with van der Waals surface area (Å²) < 4.78 is 87.7. The smallest absolute Gasteiger partial charge is 0.0645 e. The summed E-state index contributed by atoms with van der Waals surface area (Å²) in [5, 5.41) is 3.32. The third-order valence-corrected chi connectivity index (χ3v) is 9.99. The van der Waals surface area contributed by atoms with Crippen molar-refractivity contribution in [3.63, 3.8) is 0 Å². The van der Waals surface area contributed by atoms with Gasteiger partial charge >= 0.3 is 0 Å². The van der Waals surface area contributed by atoms with E-state index in [9.17, 15) is 5.48 Å². The normalized spacial score (nSPS) is 14.4. The van der Waals surface area contributed by atoms with Gasteiger partial charge in [-0.25, -0.2) is 0 Å². The van der Waals surface area contributed by atoms with Crippen molar-refractivity contribution >= 4 is 65.4 Å². The van der Waals surface area contributed by atoms with Gasteiger partial charge in [0.1, 0.15) is 0 Å². The third-order valence-electron chi connectivity index (χ3n) is 9.99. The predicted molar refractivity (Wildman–Crippen MR) is 215 cm³/mol. The van der Waals surface area contributed by atoms with Crippen molar-refractivity contribution in [3.05, 3.63) is 188 Å². The molecule has 3 heterocycles. The molecule has 0 saturated carbocycles. The molecule has 0 aliphatic heterocycles. The molecule has 8 aromatic carbocycles. The molecule has 0 amide bonds. The van der Waals surface area contributed by atoms with E-state index in [0.29, 0.717) is 44.3 Å². The average Bonchev–Trinajstić information content (AvgIpc) is 3.92. The van der Waals surface area contributed by atoms with Gasteiger partial charge in [0.05, 0.1) is 51.1 Å². The SMILES string of the molecule is [2H]c1cc2c(cc1-c1ccccc1-n1c3ccc4c(c5c([2H])c([2H])c([2H])c([2H])c5n4-c4ccccc4)c3c3c([2H])c([2H])c([2H])c([2H])c31)c1ccccc1n2-c1ccccc1. The van der Waals surface area contributed by atoms with Crippen molar-refractivity contribution in [3.8, 4) is 28.2 Å². The molecule has 0 N–H and O–H groups in total. The summed E-state index contributed by atoms with van der Waals surface area (Å²) in [5.41, 5.74) is 6.94. The third kappa shape index (κ3) is 4.00. The molecule has 0 fully saturated rings. The van der Waals surface area contributed by atoms with E-state index in [0.717, 1.165) is 27.5 Å². The molecular weight excluding hydrogens is 619 g/mol. The van der Waals surface area contributed by atoms with Crippen LogP contribution in [0.3, 0.4) is 0 Å². The van der Waals surface area contributed by atoms with E-state index in [1.165, 1.54) is 0 Å². The van der Waals surface area contributed by atoms with E-state index < -0.39 is 18.1 Å². The van der Waals surface area contributed by atoms with Crippen LogP contribution in [-0.2, 0) is 0 Å². The zero-order valence-corrected chi connectivity index (χ0v) is 27.0. The first-order chi connectivity index (χ1) is 29.1. The molecule has 3 aromatic heterocycles. The second kappa shape index (κ2) is 10.8. The first-order valence-corrected chi connectivity index (χ1v) is 16.8. The number of nitrogens with zero attached hydrogens (tertiary/aromatic N) is 3. The van der Waals surface area contributed by atoms with Crippen LogP contribution >= 0.6 is 0 Å². The lowest BCUT2D eigenvalue weighted by atomic mass is 10.0. The Labute approximate surface area is 307 Å². The minimum Gasteiger partial charge on any atom is -0.309 e. The summed E-state index contributed by atoms with van der Waals surface area (Å²) in [6.45, 7) is 0. The molecule has 0 aliphatic rings. The molecule has 238 valence electrons. The maximum absolute atomic E-state index is 9.55. The standard InChI is InChI=1S/C48H31N3/c1-3-15-33(16-4-1)49-41-24-12-8-20-36(41)39-31-32(27-28-44(39)49)35-19-7-11-23-40(35)51-43-26-14-10-22-38(43)48-46(51)30-29-45-47(48)37-21-9-13-25-42(37)50(45)34-17-5-2-6-18-34/h1-31H/i9D,10D,13D,14D,21D,22D,25D,26D,27D. The second-order valence-corrected chi connectivity index (χ2v) is 12.7. The van der Waals surface area contributed by atoms with Crippen LogP contribution in [0.4, 0.5) is 0 Å². The van der Waals surface area contributed by atoms with Crippen molar-refractivity contribution < 1.29 is 12.3 Å². The summed E-state index contributed by atoms with van der Waals surface area (Å²) in [4.78, 5) is 0. The summed E-state index contributed by atoms with van der Waals surface area (Å²) in [5.74, 6) is 0. The van der Waals surface area contributed by atoms with Crippen LogP contribution in [0.15, 0.2) is 188 Å². The molecule has 51 heavy (non-hydrogen) atoms. The van der Waals surface area contributed by atoms with E-state index in [4.69, 9.17) is 6.85 Å². The highest BCUT2D eigenvalue weighted by molar-refractivity contribution is 6.29. The van der Waals surface area contributed by atoms with Gasteiger partial charge in [-0.2, -0.15) is 0 Å². The monoisotopic (exact) mass is 658 g/mol. The van der Waals surface area contributed by atoms with E-state index in [-0.39, 0.29) is 58.1 Å². The summed E-state index contributed by atoms with van der Waals surface area (Å²) in [7, 11) is 0. The van der Waals surface area contributed by atoms with E-state index in [1.807, 2.05) is 126 Å². The van der Waals surface area contributed by atoms with Crippen LogP contribution in [0.25, 0.3) is 93.6 Å².